The summed E-state index contributed by atoms with van der Waals surface area (Å²) >= 11 is 3.48. The Kier molecular flexibility index (Phi) is 2.81. The Morgan fingerprint density at radius 2 is 2.24 bits per heavy atom. The minimum Gasteiger partial charge on any atom is -0.463 e. The van der Waals surface area contributed by atoms with Crippen molar-refractivity contribution >= 4 is 32.3 Å². The van der Waals surface area contributed by atoms with E-state index in [9.17, 15) is 0 Å². The lowest BCUT2D eigenvalue weighted by Gasteiger charge is -2.20. The van der Waals surface area contributed by atoms with Crippen molar-refractivity contribution in [2.45, 2.75) is 6.42 Å². The normalized spacial score (nSPS) is 17.4. The first kappa shape index (κ1) is 11.1. The Hall–Kier alpha value is -1.06. The molecule has 0 radical (unpaired) electrons. The summed E-state index contributed by atoms with van der Waals surface area (Å²) in [4.78, 5) is 2.31. The molecule has 0 fully saturated rings. The van der Waals surface area contributed by atoms with Crippen molar-refractivity contribution in [3.8, 4) is 0 Å². The van der Waals surface area contributed by atoms with Gasteiger partial charge in [0.1, 0.15) is 5.76 Å². The molecule has 0 saturated heterocycles. The smallest absolute Gasteiger partial charge is 0.137 e. The Morgan fingerprint density at radius 1 is 1.35 bits per heavy atom. The fourth-order valence-corrected chi connectivity index (χ4v) is 2.63. The molecule has 88 valence electrons. The molecule has 0 spiro atoms. The average Bonchev–Trinajstić information content (AvgIpc) is 2.73. The molecule has 1 aromatic heterocycles. The van der Waals surface area contributed by atoms with E-state index < -0.39 is 0 Å². The van der Waals surface area contributed by atoms with Crippen LogP contribution in [0.5, 0.6) is 0 Å². The molecule has 0 saturated carbocycles. The predicted molar refractivity (Wildman–Crippen MR) is 74.0 cm³/mol. The fourth-order valence-electron chi connectivity index (χ4n) is 2.25. The molecule has 0 atom stereocenters. The Morgan fingerprint density at radius 3 is 3.00 bits per heavy atom. The number of nitrogens with zero attached hydrogens (tertiary/aromatic N) is 1. The number of hydrogen-bond acceptors (Lipinski definition) is 2. The molecule has 17 heavy (non-hydrogen) atoms. The summed E-state index contributed by atoms with van der Waals surface area (Å²) in [6.07, 6.45) is 5.17. The molecule has 1 aromatic carbocycles. The van der Waals surface area contributed by atoms with Gasteiger partial charge >= 0.3 is 0 Å². The lowest BCUT2D eigenvalue weighted by molar-refractivity contribution is 0.367. The molecule has 1 aliphatic rings. The quantitative estimate of drug-likeness (QED) is 0.792. The maximum absolute atomic E-state index is 5.74. The van der Waals surface area contributed by atoms with E-state index in [1.54, 1.807) is 0 Å². The van der Waals surface area contributed by atoms with Crippen LogP contribution in [0.4, 0.5) is 0 Å². The van der Waals surface area contributed by atoms with Crippen LogP contribution in [0.3, 0.4) is 0 Å². The fraction of sp³-hybridized carbons (Fsp3) is 0.286. The van der Waals surface area contributed by atoms with Gasteiger partial charge in [-0.2, -0.15) is 0 Å². The van der Waals surface area contributed by atoms with Crippen molar-refractivity contribution in [2.75, 3.05) is 20.1 Å². The van der Waals surface area contributed by atoms with E-state index >= 15 is 0 Å². The van der Waals surface area contributed by atoms with Gasteiger partial charge in [-0.1, -0.05) is 22.0 Å². The molecule has 1 aliphatic heterocycles. The van der Waals surface area contributed by atoms with Gasteiger partial charge in [0.15, 0.2) is 0 Å². The molecule has 2 aromatic rings. The van der Waals surface area contributed by atoms with E-state index in [4.69, 9.17) is 4.42 Å². The standard InChI is InChI=1S/C14H14BrNO/c1-16-6-4-10(5-7-16)14-13-3-2-12(15)8-11(13)9-17-14/h2-4,8-9H,5-7H2,1H3. The highest BCUT2D eigenvalue weighted by atomic mass is 79.9. The second-order valence-electron chi connectivity index (χ2n) is 4.54. The summed E-state index contributed by atoms with van der Waals surface area (Å²) in [5, 5.41) is 2.37. The van der Waals surface area contributed by atoms with Crippen molar-refractivity contribution in [2.24, 2.45) is 0 Å². The van der Waals surface area contributed by atoms with Gasteiger partial charge in [0, 0.05) is 28.3 Å². The van der Waals surface area contributed by atoms with E-state index in [2.05, 4.69) is 52.2 Å². The van der Waals surface area contributed by atoms with Crippen LogP contribution in [0.15, 0.2) is 39.4 Å². The predicted octanol–water partition coefficient (Wildman–Crippen LogP) is 3.91. The van der Waals surface area contributed by atoms with Gasteiger partial charge in [-0.15, -0.1) is 0 Å². The Bertz CT molecular complexity index is 585. The lowest BCUT2D eigenvalue weighted by Crippen LogP contribution is -2.23. The first-order valence-corrected chi connectivity index (χ1v) is 6.58. The van der Waals surface area contributed by atoms with Gasteiger partial charge in [-0.25, -0.2) is 0 Å². The summed E-state index contributed by atoms with van der Waals surface area (Å²) < 4.78 is 6.83. The Labute approximate surface area is 109 Å². The summed E-state index contributed by atoms with van der Waals surface area (Å²) in [5.74, 6) is 1.04. The molecule has 2 nitrogen and oxygen atoms in total. The number of halogens is 1. The monoisotopic (exact) mass is 291 g/mol. The van der Waals surface area contributed by atoms with Gasteiger partial charge in [-0.3, -0.25) is 0 Å². The van der Waals surface area contributed by atoms with Gasteiger partial charge < -0.3 is 9.32 Å². The van der Waals surface area contributed by atoms with Crippen molar-refractivity contribution in [3.05, 3.63) is 40.8 Å². The molecule has 2 heterocycles. The first-order valence-electron chi connectivity index (χ1n) is 5.79. The minimum absolute atomic E-state index is 1.01. The first-order chi connectivity index (χ1) is 8.24. The van der Waals surface area contributed by atoms with E-state index in [1.807, 2.05) is 6.26 Å². The molecule has 3 heteroatoms. The van der Waals surface area contributed by atoms with Crippen LogP contribution in [-0.4, -0.2) is 25.0 Å². The molecule has 0 amide bonds. The van der Waals surface area contributed by atoms with Gasteiger partial charge in [0.05, 0.1) is 6.26 Å². The van der Waals surface area contributed by atoms with Crippen LogP contribution in [0, 0.1) is 0 Å². The third-order valence-electron chi connectivity index (χ3n) is 3.27. The largest absolute Gasteiger partial charge is 0.463 e. The van der Waals surface area contributed by atoms with Crippen LogP contribution in [0.25, 0.3) is 16.3 Å². The van der Waals surface area contributed by atoms with Crippen LogP contribution >= 0.6 is 15.9 Å². The van der Waals surface area contributed by atoms with Crippen molar-refractivity contribution in [1.82, 2.24) is 4.90 Å². The van der Waals surface area contributed by atoms with Crippen molar-refractivity contribution in [1.29, 1.82) is 0 Å². The van der Waals surface area contributed by atoms with Gasteiger partial charge in [0.2, 0.25) is 0 Å². The SMILES string of the molecule is CN1CC=C(c2occ3cc(Br)ccc23)CC1. The Balaban J connectivity index is 2.06. The molecule has 3 rings (SSSR count). The minimum atomic E-state index is 1.01. The lowest BCUT2D eigenvalue weighted by atomic mass is 10.0. The molecule has 0 unspecified atom stereocenters. The van der Waals surface area contributed by atoms with Crippen LogP contribution in [0.1, 0.15) is 12.2 Å². The zero-order chi connectivity index (χ0) is 11.8. The topological polar surface area (TPSA) is 16.4 Å². The second-order valence-corrected chi connectivity index (χ2v) is 5.45. The molecular formula is C14H14BrNO. The highest BCUT2D eigenvalue weighted by molar-refractivity contribution is 9.10. The number of benzene rings is 1. The second kappa shape index (κ2) is 4.31. The van der Waals surface area contributed by atoms with Crippen molar-refractivity contribution < 1.29 is 4.42 Å². The number of hydrogen-bond donors (Lipinski definition) is 0. The number of furan rings is 1. The van der Waals surface area contributed by atoms with Gasteiger partial charge in [-0.05, 0) is 37.2 Å². The third-order valence-corrected chi connectivity index (χ3v) is 3.76. The molecule has 0 aliphatic carbocycles. The van der Waals surface area contributed by atoms with Gasteiger partial charge in [0.25, 0.3) is 0 Å². The van der Waals surface area contributed by atoms with E-state index in [0.29, 0.717) is 0 Å². The molecule has 0 bridgehead atoms. The average molecular weight is 292 g/mol. The summed E-state index contributed by atoms with van der Waals surface area (Å²) in [7, 11) is 2.14. The molecular weight excluding hydrogens is 278 g/mol. The summed E-state index contributed by atoms with van der Waals surface area (Å²) in [6, 6.07) is 6.28. The summed E-state index contributed by atoms with van der Waals surface area (Å²) in [6.45, 7) is 2.11. The zero-order valence-electron chi connectivity index (χ0n) is 9.74. The highest BCUT2D eigenvalue weighted by Crippen LogP contribution is 2.31. The van der Waals surface area contributed by atoms with Crippen LogP contribution < -0.4 is 0 Å². The van der Waals surface area contributed by atoms with E-state index in [-0.39, 0.29) is 0 Å². The zero-order valence-corrected chi connectivity index (χ0v) is 11.3. The highest BCUT2D eigenvalue weighted by Gasteiger charge is 2.15. The third kappa shape index (κ3) is 2.05. The van der Waals surface area contributed by atoms with Crippen molar-refractivity contribution in [3.63, 3.8) is 0 Å². The van der Waals surface area contributed by atoms with E-state index in [0.717, 1.165) is 35.1 Å². The van der Waals surface area contributed by atoms with E-state index in [1.165, 1.54) is 11.0 Å². The van der Waals surface area contributed by atoms with Crippen LogP contribution in [0.2, 0.25) is 0 Å². The van der Waals surface area contributed by atoms with Crippen LogP contribution in [-0.2, 0) is 0 Å². The summed E-state index contributed by atoms with van der Waals surface area (Å²) in [5.41, 5.74) is 1.33. The number of fused-ring (bicyclic) bond motifs is 1. The molecule has 0 N–H and O–H groups in total. The maximum atomic E-state index is 5.74. The number of likely N-dealkylation sites (N-methyl/N-ethyl adjacent to an activating group) is 1. The number of rotatable bonds is 1. The maximum Gasteiger partial charge on any atom is 0.137 e.